The summed E-state index contributed by atoms with van der Waals surface area (Å²) in [6.45, 7) is 4.73. The Bertz CT molecular complexity index is 713. The number of nitrogens with one attached hydrogen (secondary N) is 1. The fourth-order valence-electron chi connectivity index (χ4n) is 4.69. The number of carbonyl (C=O) groups is 1. The van der Waals surface area contributed by atoms with E-state index in [1.54, 1.807) is 6.08 Å². The Labute approximate surface area is 259 Å². The van der Waals surface area contributed by atoms with Crippen molar-refractivity contribution in [3.63, 3.8) is 0 Å². The second-order valence-corrected chi connectivity index (χ2v) is 14.4. The lowest BCUT2D eigenvalue weighted by Gasteiger charge is -2.25. The summed E-state index contributed by atoms with van der Waals surface area (Å²) in [4.78, 5) is 22.8. The number of unbranched alkanes of at least 4 members (excludes halogenated alkanes) is 17. The highest BCUT2D eigenvalue weighted by Gasteiger charge is 2.27. The standard InChI is InChI=1S/C33H67N2O6P/c1-6-8-10-12-14-15-16-17-18-19-21-23-25-27-33(37)34-31(32(36)26-24-22-20-13-11-9-7-2)30-41-42(38,39)40-29-28-35(3,4)5/h24,26,31-32,36H,6-23,25,27-30H2,1-5H3,(H-,34,37,38,39)/p+1/b26-24+. The first-order chi connectivity index (χ1) is 20.0. The number of phosphoric ester groups is 1. The van der Waals surface area contributed by atoms with Crippen molar-refractivity contribution in [2.45, 2.75) is 154 Å². The van der Waals surface area contributed by atoms with Crippen LogP contribution in [0.2, 0.25) is 0 Å². The number of hydrogen-bond acceptors (Lipinski definition) is 5. The highest BCUT2D eigenvalue weighted by molar-refractivity contribution is 7.47. The van der Waals surface area contributed by atoms with E-state index in [0.29, 0.717) is 17.4 Å². The number of amides is 1. The van der Waals surface area contributed by atoms with Crippen LogP contribution >= 0.6 is 7.82 Å². The van der Waals surface area contributed by atoms with Gasteiger partial charge in [-0.1, -0.05) is 129 Å². The van der Waals surface area contributed by atoms with Crippen LogP contribution in [0.3, 0.4) is 0 Å². The van der Waals surface area contributed by atoms with Gasteiger partial charge in [0.05, 0.1) is 39.9 Å². The molecule has 1 amide bonds. The number of allylic oxidation sites excluding steroid dienone is 1. The van der Waals surface area contributed by atoms with E-state index >= 15 is 0 Å². The van der Waals surface area contributed by atoms with Gasteiger partial charge in [-0.15, -0.1) is 0 Å². The van der Waals surface area contributed by atoms with Gasteiger partial charge in [0.1, 0.15) is 13.2 Å². The predicted octanol–water partition coefficient (Wildman–Crippen LogP) is 8.07. The summed E-state index contributed by atoms with van der Waals surface area (Å²) >= 11 is 0. The van der Waals surface area contributed by atoms with Crippen LogP contribution in [0.5, 0.6) is 0 Å². The largest absolute Gasteiger partial charge is 0.472 e. The predicted molar refractivity (Wildman–Crippen MR) is 175 cm³/mol. The first-order valence-electron chi connectivity index (χ1n) is 17.1. The fourth-order valence-corrected chi connectivity index (χ4v) is 5.42. The third-order valence-corrected chi connectivity index (χ3v) is 8.49. The Hall–Kier alpha value is -0.760. The van der Waals surface area contributed by atoms with E-state index in [4.69, 9.17) is 9.05 Å². The molecule has 0 saturated heterocycles. The summed E-state index contributed by atoms with van der Waals surface area (Å²) < 4.78 is 23.3. The molecule has 0 aliphatic heterocycles. The number of hydrogen-bond donors (Lipinski definition) is 3. The molecule has 0 aliphatic rings. The maximum absolute atomic E-state index is 12.7. The monoisotopic (exact) mass is 619 g/mol. The minimum absolute atomic E-state index is 0.0633. The van der Waals surface area contributed by atoms with E-state index in [1.165, 1.54) is 83.5 Å². The molecule has 0 aromatic rings. The molecular formula is C33H68N2O6P+. The lowest BCUT2D eigenvalue weighted by atomic mass is 10.0. The quantitative estimate of drug-likeness (QED) is 0.0325. The number of rotatable bonds is 30. The number of carbonyl (C=O) groups excluding carboxylic acids is 1. The highest BCUT2D eigenvalue weighted by atomic mass is 31.2. The molecule has 3 atom stereocenters. The Kier molecular flexibility index (Phi) is 26.1. The van der Waals surface area contributed by atoms with E-state index in [-0.39, 0.29) is 19.1 Å². The molecule has 9 heteroatoms. The van der Waals surface area contributed by atoms with E-state index in [1.807, 2.05) is 27.2 Å². The van der Waals surface area contributed by atoms with E-state index in [0.717, 1.165) is 38.5 Å². The van der Waals surface area contributed by atoms with Gasteiger partial charge in [-0.05, 0) is 19.3 Å². The van der Waals surface area contributed by atoms with Crippen LogP contribution in [0.25, 0.3) is 0 Å². The first kappa shape index (κ1) is 41.2. The molecular weight excluding hydrogens is 551 g/mol. The molecule has 0 aliphatic carbocycles. The Morgan fingerprint density at radius 3 is 1.76 bits per heavy atom. The van der Waals surface area contributed by atoms with Gasteiger partial charge in [-0.25, -0.2) is 4.57 Å². The van der Waals surface area contributed by atoms with Crippen LogP contribution in [0.4, 0.5) is 0 Å². The minimum atomic E-state index is -4.31. The zero-order chi connectivity index (χ0) is 31.5. The van der Waals surface area contributed by atoms with Crippen LogP contribution in [-0.2, 0) is 18.4 Å². The number of likely N-dealkylation sites (N-methyl/N-ethyl adjacent to an activating group) is 1. The molecule has 42 heavy (non-hydrogen) atoms. The molecule has 3 N–H and O–H groups in total. The third-order valence-electron chi connectivity index (χ3n) is 7.51. The summed E-state index contributed by atoms with van der Waals surface area (Å²) in [7, 11) is 1.57. The molecule has 0 radical (unpaired) electrons. The van der Waals surface area contributed by atoms with Gasteiger partial charge in [0.2, 0.25) is 5.91 Å². The van der Waals surface area contributed by atoms with Crippen molar-refractivity contribution in [1.82, 2.24) is 5.32 Å². The fraction of sp³-hybridized carbons (Fsp3) is 0.909. The van der Waals surface area contributed by atoms with E-state index in [9.17, 15) is 19.4 Å². The van der Waals surface area contributed by atoms with Gasteiger partial charge in [-0.3, -0.25) is 13.8 Å². The number of phosphoric acid groups is 1. The molecule has 3 unspecified atom stereocenters. The molecule has 0 fully saturated rings. The van der Waals surface area contributed by atoms with Gasteiger partial charge >= 0.3 is 7.82 Å². The van der Waals surface area contributed by atoms with Crippen molar-refractivity contribution in [1.29, 1.82) is 0 Å². The van der Waals surface area contributed by atoms with E-state index in [2.05, 4.69) is 19.2 Å². The van der Waals surface area contributed by atoms with Gasteiger partial charge in [0.25, 0.3) is 0 Å². The zero-order valence-corrected chi connectivity index (χ0v) is 28.9. The van der Waals surface area contributed by atoms with Crippen molar-refractivity contribution in [3.8, 4) is 0 Å². The average Bonchev–Trinajstić information content (AvgIpc) is 2.92. The molecule has 0 heterocycles. The summed E-state index contributed by atoms with van der Waals surface area (Å²) in [6.07, 6.45) is 25.7. The Morgan fingerprint density at radius 2 is 1.26 bits per heavy atom. The van der Waals surface area contributed by atoms with Crippen LogP contribution < -0.4 is 5.32 Å². The Morgan fingerprint density at radius 1 is 0.786 bits per heavy atom. The molecule has 8 nitrogen and oxygen atoms in total. The number of nitrogens with zero attached hydrogens (tertiary/aromatic N) is 1. The summed E-state index contributed by atoms with van der Waals surface area (Å²) in [5, 5.41) is 13.6. The second kappa shape index (κ2) is 26.6. The number of quaternary nitrogens is 1. The zero-order valence-electron chi connectivity index (χ0n) is 28.0. The minimum Gasteiger partial charge on any atom is -0.387 e. The van der Waals surface area contributed by atoms with E-state index < -0.39 is 20.0 Å². The van der Waals surface area contributed by atoms with Crippen molar-refractivity contribution >= 4 is 13.7 Å². The Balaban J connectivity index is 4.50. The molecule has 0 spiro atoms. The first-order valence-corrected chi connectivity index (χ1v) is 18.6. The summed E-state index contributed by atoms with van der Waals surface area (Å²) in [5.41, 5.74) is 0. The van der Waals surface area contributed by atoms with Crippen molar-refractivity contribution in [2.24, 2.45) is 0 Å². The van der Waals surface area contributed by atoms with Crippen molar-refractivity contribution in [3.05, 3.63) is 12.2 Å². The molecule has 250 valence electrons. The molecule has 0 bridgehead atoms. The van der Waals surface area contributed by atoms with Crippen LogP contribution in [-0.4, -0.2) is 73.4 Å². The molecule has 0 rings (SSSR count). The van der Waals surface area contributed by atoms with Gasteiger partial charge in [0, 0.05) is 6.42 Å². The molecule has 0 aromatic carbocycles. The molecule has 0 saturated carbocycles. The van der Waals surface area contributed by atoms with Gasteiger partial charge in [0.15, 0.2) is 0 Å². The lowest BCUT2D eigenvalue weighted by molar-refractivity contribution is -0.870. The van der Waals surface area contributed by atoms with Crippen LogP contribution in [0, 0.1) is 0 Å². The lowest BCUT2D eigenvalue weighted by Crippen LogP contribution is -2.45. The summed E-state index contributed by atoms with van der Waals surface area (Å²) in [5.74, 6) is -0.183. The topological polar surface area (TPSA) is 105 Å². The second-order valence-electron chi connectivity index (χ2n) is 12.9. The number of aliphatic hydroxyl groups is 1. The van der Waals surface area contributed by atoms with Crippen molar-refractivity contribution < 1.29 is 32.9 Å². The third kappa shape index (κ3) is 28.0. The maximum Gasteiger partial charge on any atom is 0.472 e. The maximum atomic E-state index is 12.7. The smallest absolute Gasteiger partial charge is 0.387 e. The SMILES string of the molecule is CCCCCCC/C=C/C(O)C(COP(=O)(O)OCC[N+](C)(C)C)NC(=O)CCCCCCCCCCCCCCC. The highest BCUT2D eigenvalue weighted by Crippen LogP contribution is 2.43. The number of aliphatic hydroxyl groups excluding tert-OH is 1. The normalized spacial score (nSPS) is 15.1. The van der Waals surface area contributed by atoms with Crippen LogP contribution in [0.15, 0.2) is 12.2 Å². The van der Waals surface area contributed by atoms with Gasteiger partial charge < -0.3 is 19.8 Å². The average molecular weight is 620 g/mol. The van der Waals surface area contributed by atoms with Crippen LogP contribution in [0.1, 0.15) is 142 Å². The summed E-state index contributed by atoms with van der Waals surface area (Å²) in [6, 6.07) is -0.835. The van der Waals surface area contributed by atoms with Gasteiger partial charge in [-0.2, -0.15) is 0 Å². The van der Waals surface area contributed by atoms with Crippen molar-refractivity contribution in [2.75, 3.05) is 40.9 Å². The molecule has 0 aromatic heterocycles.